The van der Waals surface area contributed by atoms with Gasteiger partial charge >= 0.3 is 0 Å². The third-order valence-corrected chi connectivity index (χ3v) is 5.61. The number of rotatable bonds is 3. The van der Waals surface area contributed by atoms with Crippen LogP contribution in [0.4, 0.5) is 11.4 Å². The summed E-state index contributed by atoms with van der Waals surface area (Å²) in [5, 5.41) is 0. The molecule has 126 valence electrons. The molecular formula is C18H20N2O3S. The van der Waals surface area contributed by atoms with Gasteiger partial charge in [-0.05, 0) is 44.0 Å². The Morgan fingerprint density at radius 2 is 1.83 bits per heavy atom. The number of para-hydroxylation sites is 1. The molecule has 2 aromatic carbocycles. The number of carbonyl (C=O) groups is 1. The minimum Gasteiger partial charge on any atom is -0.307 e. The lowest BCUT2D eigenvalue weighted by Gasteiger charge is -2.23. The van der Waals surface area contributed by atoms with E-state index in [-0.39, 0.29) is 16.8 Å². The Bertz CT molecular complexity index is 889. The molecule has 0 bridgehead atoms. The number of aryl methyl sites for hydroxylation is 1. The van der Waals surface area contributed by atoms with Gasteiger partial charge in [0, 0.05) is 13.0 Å². The lowest BCUT2D eigenvalue weighted by atomic mass is 10.1. The van der Waals surface area contributed by atoms with Crippen molar-refractivity contribution in [3.8, 4) is 0 Å². The first kappa shape index (κ1) is 16.5. The maximum atomic E-state index is 12.7. The highest BCUT2D eigenvalue weighted by Crippen LogP contribution is 2.39. The molecule has 5 nitrogen and oxygen atoms in total. The van der Waals surface area contributed by atoms with Crippen LogP contribution >= 0.6 is 0 Å². The Morgan fingerprint density at radius 1 is 1.17 bits per heavy atom. The summed E-state index contributed by atoms with van der Waals surface area (Å²) in [4.78, 5) is 13.8. The standard InChI is InChI=1S/C18H20N2O3S/c1-12-7-9-16(10-8-12)24(22,23)19-17-6-4-5-15-11-13(2)20(14(3)21)18(15)17/h4-10,13,19H,11H2,1-3H3. The molecule has 2 aromatic rings. The molecule has 24 heavy (non-hydrogen) atoms. The molecule has 6 heteroatoms. The maximum absolute atomic E-state index is 12.7. The van der Waals surface area contributed by atoms with Crippen molar-refractivity contribution in [3.05, 3.63) is 53.6 Å². The average Bonchev–Trinajstić information content (AvgIpc) is 2.84. The Hall–Kier alpha value is -2.34. The maximum Gasteiger partial charge on any atom is 0.261 e. The summed E-state index contributed by atoms with van der Waals surface area (Å²) >= 11 is 0. The van der Waals surface area contributed by atoms with Crippen LogP contribution in [0.3, 0.4) is 0 Å². The van der Waals surface area contributed by atoms with Gasteiger partial charge in [-0.25, -0.2) is 8.42 Å². The largest absolute Gasteiger partial charge is 0.307 e. The van der Waals surface area contributed by atoms with Gasteiger partial charge in [0.2, 0.25) is 5.91 Å². The zero-order chi connectivity index (χ0) is 17.5. The summed E-state index contributed by atoms with van der Waals surface area (Å²) in [6.07, 6.45) is 0.717. The van der Waals surface area contributed by atoms with E-state index in [4.69, 9.17) is 0 Å². The highest BCUT2D eigenvalue weighted by atomic mass is 32.2. The number of hydrogen-bond acceptors (Lipinski definition) is 3. The lowest BCUT2D eigenvalue weighted by molar-refractivity contribution is -0.116. The molecule has 1 aliphatic rings. The second kappa shape index (κ2) is 5.94. The summed E-state index contributed by atoms with van der Waals surface area (Å²) in [6.45, 7) is 5.36. The molecule has 1 aliphatic heterocycles. The van der Waals surface area contributed by atoms with Gasteiger partial charge in [0.1, 0.15) is 0 Å². The van der Waals surface area contributed by atoms with Crippen LogP contribution in [0, 0.1) is 6.92 Å². The second-order valence-corrected chi connectivity index (χ2v) is 7.86. The van der Waals surface area contributed by atoms with Crippen LogP contribution in [0.2, 0.25) is 0 Å². The number of fused-ring (bicyclic) bond motifs is 1. The number of nitrogens with one attached hydrogen (secondary N) is 1. The third-order valence-electron chi connectivity index (χ3n) is 4.23. The van der Waals surface area contributed by atoms with E-state index < -0.39 is 10.0 Å². The van der Waals surface area contributed by atoms with Crippen LogP contribution in [-0.4, -0.2) is 20.4 Å². The Morgan fingerprint density at radius 3 is 2.46 bits per heavy atom. The van der Waals surface area contributed by atoms with E-state index in [1.807, 2.05) is 26.0 Å². The Kier molecular flexibility index (Phi) is 4.09. The van der Waals surface area contributed by atoms with Gasteiger partial charge in [0.15, 0.2) is 0 Å². The second-order valence-electron chi connectivity index (χ2n) is 6.17. The first-order valence-corrected chi connectivity index (χ1v) is 9.29. The van der Waals surface area contributed by atoms with Crippen molar-refractivity contribution in [1.82, 2.24) is 0 Å². The number of hydrogen-bond donors (Lipinski definition) is 1. The SMILES string of the molecule is CC(=O)N1c2c(cccc2NS(=O)(=O)c2ccc(C)cc2)CC1C. The smallest absolute Gasteiger partial charge is 0.261 e. The number of sulfonamides is 1. The predicted molar refractivity (Wildman–Crippen MR) is 94.8 cm³/mol. The molecule has 0 radical (unpaired) electrons. The van der Waals surface area contributed by atoms with Crippen molar-refractivity contribution >= 4 is 27.3 Å². The topological polar surface area (TPSA) is 66.5 Å². The molecule has 0 aliphatic carbocycles. The number of benzene rings is 2. The molecule has 1 heterocycles. The number of anilines is 2. The summed E-state index contributed by atoms with van der Waals surface area (Å²) in [6, 6.07) is 12.1. The quantitative estimate of drug-likeness (QED) is 0.930. The molecule has 1 N–H and O–H groups in total. The molecule has 0 saturated heterocycles. The first-order chi connectivity index (χ1) is 11.3. The number of amides is 1. The average molecular weight is 344 g/mol. The van der Waals surface area contributed by atoms with Gasteiger partial charge < -0.3 is 4.90 Å². The molecule has 1 atom stereocenters. The fourth-order valence-electron chi connectivity index (χ4n) is 3.14. The summed E-state index contributed by atoms with van der Waals surface area (Å²) in [5.41, 5.74) is 3.06. The van der Waals surface area contributed by atoms with Crippen LogP contribution < -0.4 is 9.62 Å². The van der Waals surface area contributed by atoms with E-state index in [0.717, 1.165) is 17.5 Å². The highest BCUT2D eigenvalue weighted by molar-refractivity contribution is 7.92. The zero-order valence-electron chi connectivity index (χ0n) is 13.9. The molecule has 1 amide bonds. The normalized spacial score (nSPS) is 16.8. The summed E-state index contributed by atoms with van der Waals surface area (Å²) in [5.74, 6) is -0.0942. The van der Waals surface area contributed by atoms with Crippen molar-refractivity contribution < 1.29 is 13.2 Å². The van der Waals surface area contributed by atoms with Crippen LogP contribution in [0.5, 0.6) is 0 Å². The van der Waals surface area contributed by atoms with Crippen LogP contribution in [-0.2, 0) is 21.2 Å². The minimum absolute atomic E-state index is 0.0162. The van der Waals surface area contributed by atoms with Crippen molar-refractivity contribution in [2.75, 3.05) is 9.62 Å². The predicted octanol–water partition coefficient (Wildman–Crippen LogP) is 3.09. The first-order valence-electron chi connectivity index (χ1n) is 7.81. The number of carbonyl (C=O) groups excluding carboxylic acids is 1. The fraction of sp³-hybridized carbons (Fsp3) is 0.278. The molecule has 0 aromatic heterocycles. The van der Waals surface area contributed by atoms with Crippen LogP contribution in [0.25, 0.3) is 0 Å². The van der Waals surface area contributed by atoms with Gasteiger partial charge in [0.25, 0.3) is 10.0 Å². The van der Waals surface area contributed by atoms with Gasteiger partial charge in [-0.2, -0.15) is 0 Å². The fourth-order valence-corrected chi connectivity index (χ4v) is 4.21. The monoisotopic (exact) mass is 344 g/mol. The van der Waals surface area contributed by atoms with Crippen LogP contribution in [0.1, 0.15) is 25.0 Å². The van der Waals surface area contributed by atoms with E-state index in [1.165, 1.54) is 6.92 Å². The van der Waals surface area contributed by atoms with E-state index in [1.54, 1.807) is 35.2 Å². The van der Waals surface area contributed by atoms with Gasteiger partial charge in [-0.3, -0.25) is 9.52 Å². The molecule has 0 saturated carbocycles. The van der Waals surface area contributed by atoms with E-state index >= 15 is 0 Å². The Balaban J connectivity index is 2.02. The summed E-state index contributed by atoms with van der Waals surface area (Å²) < 4.78 is 28.0. The lowest BCUT2D eigenvalue weighted by Crippen LogP contribution is -2.34. The van der Waals surface area contributed by atoms with E-state index in [2.05, 4.69) is 4.72 Å². The van der Waals surface area contributed by atoms with Gasteiger partial charge in [0.05, 0.1) is 16.3 Å². The molecule has 3 rings (SSSR count). The molecule has 0 fully saturated rings. The summed E-state index contributed by atoms with van der Waals surface area (Å²) in [7, 11) is -3.71. The highest BCUT2D eigenvalue weighted by Gasteiger charge is 2.32. The molecular weight excluding hydrogens is 324 g/mol. The third kappa shape index (κ3) is 2.89. The van der Waals surface area contributed by atoms with Crippen molar-refractivity contribution in [2.24, 2.45) is 0 Å². The van der Waals surface area contributed by atoms with Crippen molar-refractivity contribution in [2.45, 2.75) is 38.1 Å². The Labute approximate surface area is 142 Å². The number of nitrogens with zero attached hydrogens (tertiary/aromatic N) is 1. The van der Waals surface area contributed by atoms with E-state index in [9.17, 15) is 13.2 Å². The van der Waals surface area contributed by atoms with Gasteiger partial charge in [-0.1, -0.05) is 29.8 Å². The minimum atomic E-state index is -3.71. The van der Waals surface area contributed by atoms with E-state index in [0.29, 0.717) is 11.4 Å². The van der Waals surface area contributed by atoms with Gasteiger partial charge in [-0.15, -0.1) is 0 Å². The van der Waals surface area contributed by atoms with Crippen LogP contribution in [0.15, 0.2) is 47.4 Å². The molecule has 1 unspecified atom stereocenters. The van der Waals surface area contributed by atoms with Crippen molar-refractivity contribution in [1.29, 1.82) is 0 Å². The zero-order valence-corrected chi connectivity index (χ0v) is 14.7. The molecule has 0 spiro atoms. The van der Waals surface area contributed by atoms with Crippen molar-refractivity contribution in [3.63, 3.8) is 0 Å².